The Hall–Kier alpha value is -3.90. The third-order valence-electron chi connectivity index (χ3n) is 4.93. The van der Waals surface area contributed by atoms with E-state index in [1.54, 1.807) is 42.5 Å². The minimum Gasteiger partial charge on any atom is -0.487 e. The van der Waals surface area contributed by atoms with Gasteiger partial charge in [-0.1, -0.05) is 60.7 Å². The van der Waals surface area contributed by atoms with Gasteiger partial charge in [0.2, 0.25) is 0 Å². The molecular formula is C25H22N2O4. The molecule has 0 spiro atoms. The number of fused-ring (bicyclic) bond motifs is 1. The van der Waals surface area contributed by atoms with Gasteiger partial charge in [-0.15, -0.1) is 0 Å². The monoisotopic (exact) mass is 414 g/mol. The van der Waals surface area contributed by atoms with E-state index >= 15 is 0 Å². The summed E-state index contributed by atoms with van der Waals surface area (Å²) in [5.74, 6) is -0.687. The van der Waals surface area contributed by atoms with Crippen LogP contribution in [0.15, 0.2) is 91.0 Å². The molecule has 0 radical (unpaired) electrons. The molecule has 6 heteroatoms. The molecular weight excluding hydrogens is 392 g/mol. The molecule has 156 valence electrons. The van der Waals surface area contributed by atoms with Crippen molar-refractivity contribution in [2.45, 2.75) is 18.8 Å². The Kier molecular flexibility index (Phi) is 6.10. The molecule has 4 aromatic rings. The number of para-hydroxylation sites is 1. The fourth-order valence-corrected chi connectivity index (χ4v) is 3.35. The SMILES string of the molecule is O=C(O)[C@@H](O)[C@@H](Nc1cccc(OCc2ccc3ccccc3n2)c1)c1ccccc1. The Balaban J connectivity index is 1.49. The van der Waals surface area contributed by atoms with Gasteiger partial charge in [-0.2, -0.15) is 0 Å². The number of aliphatic carboxylic acids is 1. The first kappa shape index (κ1) is 20.4. The number of carbonyl (C=O) groups is 1. The number of aliphatic hydroxyl groups excluding tert-OH is 1. The lowest BCUT2D eigenvalue weighted by Crippen LogP contribution is -2.32. The molecule has 0 amide bonds. The Morgan fingerprint density at radius 1 is 0.935 bits per heavy atom. The average molecular weight is 414 g/mol. The van der Waals surface area contributed by atoms with Gasteiger partial charge in [0.25, 0.3) is 0 Å². The predicted molar refractivity (Wildman–Crippen MR) is 119 cm³/mol. The van der Waals surface area contributed by atoms with E-state index in [1.807, 2.05) is 48.5 Å². The van der Waals surface area contributed by atoms with Crippen LogP contribution in [-0.4, -0.2) is 27.3 Å². The number of anilines is 1. The van der Waals surface area contributed by atoms with Crippen molar-refractivity contribution in [3.8, 4) is 5.75 Å². The first-order chi connectivity index (χ1) is 15.1. The Morgan fingerprint density at radius 2 is 1.71 bits per heavy atom. The van der Waals surface area contributed by atoms with Crippen LogP contribution >= 0.6 is 0 Å². The van der Waals surface area contributed by atoms with Gasteiger partial charge in [0.05, 0.1) is 17.3 Å². The van der Waals surface area contributed by atoms with E-state index in [-0.39, 0.29) is 0 Å². The van der Waals surface area contributed by atoms with Crippen molar-refractivity contribution in [3.05, 3.63) is 102 Å². The molecule has 0 fully saturated rings. The molecule has 0 saturated carbocycles. The molecule has 2 atom stereocenters. The summed E-state index contributed by atoms with van der Waals surface area (Å²) in [6.45, 7) is 0.300. The van der Waals surface area contributed by atoms with E-state index < -0.39 is 18.1 Å². The van der Waals surface area contributed by atoms with Crippen molar-refractivity contribution >= 4 is 22.6 Å². The van der Waals surface area contributed by atoms with Gasteiger partial charge in [-0.25, -0.2) is 9.78 Å². The lowest BCUT2D eigenvalue weighted by Gasteiger charge is -2.23. The zero-order chi connectivity index (χ0) is 21.6. The smallest absolute Gasteiger partial charge is 0.335 e. The minimum absolute atomic E-state index is 0.300. The van der Waals surface area contributed by atoms with Gasteiger partial charge in [0.1, 0.15) is 12.4 Å². The Morgan fingerprint density at radius 3 is 2.52 bits per heavy atom. The number of aromatic nitrogens is 1. The number of hydrogen-bond acceptors (Lipinski definition) is 5. The number of hydrogen-bond donors (Lipinski definition) is 3. The third kappa shape index (κ3) is 4.99. The molecule has 1 heterocycles. The molecule has 3 N–H and O–H groups in total. The van der Waals surface area contributed by atoms with Gasteiger partial charge in [0.15, 0.2) is 6.10 Å². The molecule has 0 bridgehead atoms. The standard InChI is InChI=1S/C25H22N2O4/c28-24(25(29)30)23(18-8-2-1-3-9-18)27-19-10-6-11-21(15-19)31-16-20-14-13-17-7-4-5-12-22(17)26-20/h1-15,23-24,27-28H,16H2,(H,29,30)/t23-,24-/m0/s1. The summed E-state index contributed by atoms with van der Waals surface area (Å²) in [6, 6.07) is 27.2. The highest BCUT2D eigenvalue weighted by atomic mass is 16.5. The molecule has 0 saturated heterocycles. The molecule has 1 aromatic heterocycles. The van der Waals surface area contributed by atoms with E-state index in [4.69, 9.17) is 4.74 Å². The predicted octanol–water partition coefficient (Wildman–Crippen LogP) is 4.41. The average Bonchev–Trinajstić information content (AvgIpc) is 2.81. The zero-order valence-corrected chi connectivity index (χ0v) is 16.7. The van der Waals surface area contributed by atoms with Crippen molar-refractivity contribution < 1.29 is 19.7 Å². The largest absolute Gasteiger partial charge is 0.487 e. The van der Waals surface area contributed by atoms with Crippen LogP contribution in [0.25, 0.3) is 10.9 Å². The lowest BCUT2D eigenvalue weighted by atomic mass is 10.0. The van der Waals surface area contributed by atoms with E-state index in [9.17, 15) is 15.0 Å². The summed E-state index contributed by atoms with van der Waals surface area (Å²) in [4.78, 5) is 16.0. The van der Waals surface area contributed by atoms with Gasteiger partial charge in [-0.05, 0) is 29.8 Å². The van der Waals surface area contributed by atoms with Crippen LogP contribution < -0.4 is 10.1 Å². The number of ether oxygens (including phenoxy) is 1. The summed E-state index contributed by atoms with van der Waals surface area (Å²) in [7, 11) is 0. The van der Waals surface area contributed by atoms with Crippen LogP contribution in [0.5, 0.6) is 5.75 Å². The van der Waals surface area contributed by atoms with Gasteiger partial charge >= 0.3 is 5.97 Å². The molecule has 6 nitrogen and oxygen atoms in total. The quantitative estimate of drug-likeness (QED) is 0.396. The molecule has 4 rings (SSSR count). The molecule has 0 aliphatic heterocycles. The molecule has 3 aromatic carbocycles. The number of benzene rings is 3. The van der Waals surface area contributed by atoms with Crippen LogP contribution in [-0.2, 0) is 11.4 Å². The second-order valence-corrected chi connectivity index (χ2v) is 7.13. The highest BCUT2D eigenvalue weighted by Crippen LogP contribution is 2.26. The second-order valence-electron chi connectivity index (χ2n) is 7.13. The van der Waals surface area contributed by atoms with Crippen LogP contribution in [0.1, 0.15) is 17.3 Å². The zero-order valence-electron chi connectivity index (χ0n) is 16.7. The fourth-order valence-electron chi connectivity index (χ4n) is 3.35. The first-order valence-electron chi connectivity index (χ1n) is 9.90. The maximum absolute atomic E-state index is 11.4. The van der Waals surface area contributed by atoms with Crippen molar-refractivity contribution in [1.29, 1.82) is 0 Å². The number of nitrogens with one attached hydrogen (secondary N) is 1. The summed E-state index contributed by atoms with van der Waals surface area (Å²) in [6.07, 6.45) is -1.60. The lowest BCUT2D eigenvalue weighted by molar-refractivity contribution is -0.147. The number of nitrogens with zero attached hydrogens (tertiary/aromatic N) is 1. The molecule has 31 heavy (non-hydrogen) atoms. The molecule has 0 aliphatic rings. The summed E-state index contributed by atoms with van der Waals surface area (Å²) >= 11 is 0. The van der Waals surface area contributed by atoms with Crippen molar-refractivity contribution in [1.82, 2.24) is 4.98 Å². The van der Waals surface area contributed by atoms with Crippen molar-refractivity contribution in [2.24, 2.45) is 0 Å². The van der Waals surface area contributed by atoms with Crippen LogP contribution in [0.4, 0.5) is 5.69 Å². The van der Waals surface area contributed by atoms with E-state index in [0.29, 0.717) is 23.6 Å². The van der Waals surface area contributed by atoms with Crippen LogP contribution in [0.3, 0.4) is 0 Å². The maximum atomic E-state index is 11.4. The second kappa shape index (κ2) is 9.28. The van der Waals surface area contributed by atoms with Gasteiger partial charge in [-0.3, -0.25) is 0 Å². The highest BCUT2D eigenvalue weighted by Gasteiger charge is 2.27. The normalized spacial score (nSPS) is 12.8. The van der Waals surface area contributed by atoms with Gasteiger partial charge < -0.3 is 20.3 Å². The van der Waals surface area contributed by atoms with E-state index in [2.05, 4.69) is 10.3 Å². The number of aliphatic hydroxyl groups is 1. The molecule has 0 aliphatic carbocycles. The topological polar surface area (TPSA) is 91.7 Å². The maximum Gasteiger partial charge on any atom is 0.335 e. The van der Waals surface area contributed by atoms with E-state index in [0.717, 1.165) is 16.6 Å². The summed E-state index contributed by atoms with van der Waals surface area (Å²) in [5.41, 5.74) is 3.02. The van der Waals surface area contributed by atoms with Gasteiger partial charge in [0, 0.05) is 17.1 Å². The number of pyridine rings is 1. The Bertz CT molecular complexity index is 1180. The van der Waals surface area contributed by atoms with Crippen molar-refractivity contribution in [2.75, 3.05) is 5.32 Å². The third-order valence-corrected chi connectivity index (χ3v) is 4.93. The summed E-state index contributed by atoms with van der Waals surface area (Å²) < 4.78 is 5.90. The number of carboxylic acid groups (broad SMARTS) is 1. The Labute approximate surface area is 179 Å². The van der Waals surface area contributed by atoms with E-state index in [1.165, 1.54) is 0 Å². The minimum atomic E-state index is -1.60. The van der Waals surface area contributed by atoms with Crippen molar-refractivity contribution in [3.63, 3.8) is 0 Å². The highest BCUT2D eigenvalue weighted by molar-refractivity contribution is 5.78. The fraction of sp³-hybridized carbons (Fsp3) is 0.120. The number of rotatable bonds is 8. The number of carboxylic acids is 1. The molecule has 0 unspecified atom stereocenters. The van der Waals surface area contributed by atoms with Crippen LogP contribution in [0.2, 0.25) is 0 Å². The summed E-state index contributed by atoms with van der Waals surface area (Å²) in [5, 5.41) is 23.7. The van der Waals surface area contributed by atoms with Crippen LogP contribution in [0, 0.1) is 0 Å². The first-order valence-corrected chi connectivity index (χ1v) is 9.90.